The van der Waals surface area contributed by atoms with Crippen LogP contribution >= 0.6 is 11.6 Å². The average molecular weight is 579 g/mol. The summed E-state index contributed by atoms with van der Waals surface area (Å²) >= 11 is 5.89. The predicted octanol–water partition coefficient (Wildman–Crippen LogP) is 5.80. The van der Waals surface area contributed by atoms with Gasteiger partial charge in [0.25, 0.3) is 10.0 Å². The van der Waals surface area contributed by atoms with Crippen molar-refractivity contribution in [1.82, 2.24) is 0 Å². The fourth-order valence-corrected chi connectivity index (χ4v) is 5.25. The molecule has 40 heavy (non-hydrogen) atoms. The van der Waals surface area contributed by atoms with Gasteiger partial charge in [-0.05, 0) is 60.2 Å². The molecule has 0 aromatic heterocycles. The number of nitrogens with one attached hydrogen (secondary N) is 2. The molecular weight excluding hydrogens is 556 g/mol. The van der Waals surface area contributed by atoms with Gasteiger partial charge >= 0.3 is 11.9 Å². The molecule has 0 aliphatic rings. The Kier molecular flexibility index (Phi) is 8.52. The lowest BCUT2D eigenvalue weighted by Crippen LogP contribution is -2.14. The van der Waals surface area contributed by atoms with Gasteiger partial charge in [0.15, 0.2) is 0 Å². The van der Waals surface area contributed by atoms with Crippen molar-refractivity contribution in [3.05, 3.63) is 95.5 Å². The number of benzene rings is 4. The molecule has 4 aromatic rings. The summed E-state index contributed by atoms with van der Waals surface area (Å²) < 4.78 is 39.1. The zero-order valence-corrected chi connectivity index (χ0v) is 22.9. The monoisotopic (exact) mass is 578 g/mol. The second-order valence-corrected chi connectivity index (χ2v) is 10.6. The Hall–Kier alpha value is -4.67. The van der Waals surface area contributed by atoms with E-state index >= 15 is 0 Å². The molecule has 0 heterocycles. The third-order valence-corrected chi connectivity index (χ3v) is 7.07. The van der Waals surface area contributed by atoms with Gasteiger partial charge in [-0.3, -0.25) is 19.1 Å². The molecule has 0 radical (unpaired) electrons. The number of hydrogen-bond acceptors (Lipinski definition) is 7. The second kappa shape index (κ2) is 12.0. The first-order valence-corrected chi connectivity index (χ1v) is 13.7. The quantitative estimate of drug-likeness (QED) is 0.154. The van der Waals surface area contributed by atoms with Crippen molar-refractivity contribution >= 4 is 67.7 Å². The van der Waals surface area contributed by atoms with Crippen LogP contribution in [0.2, 0.25) is 5.02 Å². The summed E-state index contributed by atoms with van der Waals surface area (Å²) in [6.07, 6.45) is 2.69. The summed E-state index contributed by atoms with van der Waals surface area (Å²) in [4.78, 5) is 35.6. The van der Waals surface area contributed by atoms with Crippen molar-refractivity contribution in [3.8, 4) is 11.5 Å². The van der Waals surface area contributed by atoms with Crippen molar-refractivity contribution in [1.29, 1.82) is 0 Å². The van der Waals surface area contributed by atoms with Crippen LogP contribution in [0.4, 0.5) is 11.4 Å². The number of carbonyl (C=O) groups excluding carboxylic acids is 3. The maximum Gasteiger partial charge on any atom is 0.308 e. The zero-order chi connectivity index (χ0) is 28.9. The second-order valence-electron chi connectivity index (χ2n) is 8.52. The molecule has 0 unspecified atom stereocenters. The number of halogens is 1. The van der Waals surface area contributed by atoms with Crippen LogP contribution < -0.4 is 19.5 Å². The molecule has 11 heteroatoms. The van der Waals surface area contributed by atoms with E-state index < -0.39 is 27.9 Å². The number of amides is 1. The third-order valence-electron chi connectivity index (χ3n) is 5.38. The minimum atomic E-state index is -3.96. The van der Waals surface area contributed by atoms with Crippen LogP contribution in [-0.2, 0) is 24.4 Å². The zero-order valence-electron chi connectivity index (χ0n) is 21.3. The molecule has 0 saturated heterocycles. The first-order chi connectivity index (χ1) is 19.0. The van der Waals surface area contributed by atoms with Crippen LogP contribution in [0.5, 0.6) is 11.5 Å². The lowest BCUT2D eigenvalue weighted by Gasteiger charge is -2.13. The van der Waals surface area contributed by atoms with Crippen molar-refractivity contribution < 1.29 is 32.3 Å². The maximum absolute atomic E-state index is 13.2. The van der Waals surface area contributed by atoms with E-state index in [-0.39, 0.29) is 16.4 Å². The molecule has 0 saturated carbocycles. The Morgan fingerprint density at radius 1 is 0.800 bits per heavy atom. The van der Waals surface area contributed by atoms with Gasteiger partial charge in [-0.25, -0.2) is 8.42 Å². The minimum Gasteiger partial charge on any atom is -0.427 e. The van der Waals surface area contributed by atoms with E-state index in [9.17, 15) is 22.8 Å². The maximum atomic E-state index is 13.2. The van der Waals surface area contributed by atoms with E-state index in [1.165, 1.54) is 50.3 Å². The highest BCUT2D eigenvalue weighted by Gasteiger charge is 2.19. The van der Waals surface area contributed by atoms with Crippen LogP contribution in [0.1, 0.15) is 19.4 Å². The van der Waals surface area contributed by atoms with Gasteiger partial charge in [0.1, 0.15) is 11.5 Å². The molecule has 0 aliphatic heterocycles. The molecule has 0 spiro atoms. The fraction of sp³-hybridized carbons (Fsp3) is 0.0690. The summed E-state index contributed by atoms with van der Waals surface area (Å²) in [5.74, 6) is -1.35. The normalized spacial score (nSPS) is 11.3. The molecule has 0 bridgehead atoms. The summed E-state index contributed by atoms with van der Waals surface area (Å²) in [6, 6.07) is 20.3. The van der Waals surface area contributed by atoms with E-state index in [2.05, 4.69) is 10.0 Å². The molecule has 2 N–H and O–H groups in total. The lowest BCUT2D eigenvalue weighted by molar-refractivity contribution is -0.132. The predicted molar refractivity (Wildman–Crippen MR) is 153 cm³/mol. The number of esters is 2. The number of sulfonamides is 1. The standard InChI is InChI=1S/C29H23ClN2O7S/c1-18(33)38-23-15-20(16-24(17-23)39-19(2)34)9-14-29(35)31-27-7-3-6-26-25(27)5-4-8-28(26)40(36,37)32-22-12-10-21(30)11-13-22/h3-17,32H,1-2H3,(H,31,35). The highest BCUT2D eigenvalue weighted by atomic mass is 35.5. The lowest BCUT2D eigenvalue weighted by atomic mass is 10.1. The Bertz CT molecular complexity index is 1720. The van der Waals surface area contributed by atoms with Gasteiger partial charge < -0.3 is 14.8 Å². The van der Waals surface area contributed by atoms with Gasteiger partial charge in [-0.1, -0.05) is 35.9 Å². The molecule has 4 aromatic carbocycles. The number of anilines is 2. The number of carbonyl (C=O) groups is 3. The third kappa shape index (κ3) is 7.25. The smallest absolute Gasteiger partial charge is 0.308 e. The average Bonchev–Trinajstić information content (AvgIpc) is 2.88. The highest BCUT2D eigenvalue weighted by Crippen LogP contribution is 2.30. The van der Waals surface area contributed by atoms with E-state index in [0.717, 1.165) is 0 Å². The van der Waals surface area contributed by atoms with Crippen LogP contribution in [0.15, 0.2) is 89.8 Å². The van der Waals surface area contributed by atoms with E-state index in [0.29, 0.717) is 32.7 Å². The molecule has 1 amide bonds. The van der Waals surface area contributed by atoms with Crippen molar-refractivity contribution in [2.75, 3.05) is 10.0 Å². The SMILES string of the molecule is CC(=O)Oc1cc(C=CC(=O)Nc2cccc3c(S(=O)(=O)Nc4ccc(Cl)cc4)cccc23)cc(OC(C)=O)c1. The molecule has 204 valence electrons. The minimum absolute atomic E-state index is 0.0341. The topological polar surface area (TPSA) is 128 Å². The molecule has 9 nitrogen and oxygen atoms in total. The fourth-order valence-electron chi connectivity index (χ4n) is 3.84. The Morgan fingerprint density at radius 3 is 2.02 bits per heavy atom. The van der Waals surface area contributed by atoms with Crippen molar-refractivity contribution in [3.63, 3.8) is 0 Å². The van der Waals surface area contributed by atoms with Gasteiger partial charge in [0.2, 0.25) is 5.91 Å². The molecule has 0 aliphatic carbocycles. The summed E-state index contributed by atoms with van der Waals surface area (Å²) in [5.41, 5.74) is 1.18. The van der Waals surface area contributed by atoms with Crippen LogP contribution in [0, 0.1) is 0 Å². The van der Waals surface area contributed by atoms with Crippen LogP contribution in [0.25, 0.3) is 16.8 Å². The summed E-state index contributed by atoms with van der Waals surface area (Å²) in [6.45, 7) is 2.46. The summed E-state index contributed by atoms with van der Waals surface area (Å²) in [7, 11) is -3.96. The first kappa shape index (κ1) is 28.3. The molecular formula is C29H23ClN2O7S. The van der Waals surface area contributed by atoms with E-state index in [1.54, 1.807) is 54.6 Å². The van der Waals surface area contributed by atoms with Gasteiger partial charge in [0, 0.05) is 53.2 Å². The number of ether oxygens (including phenoxy) is 2. The largest absolute Gasteiger partial charge is 0.427 e. The number of hydrogen-bond donors (Lipinski definition) is 2. The Labute approximate surface area is 235 Å². The first-order valence-electron chi connectivity index (χ1n) is 11.8. The van der Waals surface area contributed by atoms with Gasteiger partial charge in [-0.2, -0.15) is 0 Å². The van der Waals surface area contributed by atoms with Gasteiger partial charge in [0.05, 0.1) is 4.90 Å². The highest BCUT2D eigenvalue weighted by molar-refractivity contribution is 7.93. The molecule has 4 rings (SSSR count). The molecule has 0 atom stereocenters. The summed E-state index contributed by atoms with van der Waals surface area (Å²) in [5, 5.41) is 4.15. The van der Waals surface area contributed by atoms with Crippen LogP contribution in [-0.4, -0.2) is 26.3 Å². The van der Waals surface area contributed by atoms with Crippen LogP contribution in [0.3, 0.4) is 0 Å². The van der Waals surface area contributed by atoms with Crippen molar-refractivity contribution in [2.45, 2.75) is 18.7 Å². The van der Waals surface area contributed by atoms with E-state index in [1.807, 2.05) is 0 Å². The van der Waals surface area contributed by atoms with E-state index in [4.69, 9.17) is 21.1 Å². The Morgan fingerprint density at radius 2 is 1.40 bits per heavy atom. The number of rotatable bonds is 8. The van der Waals surface area contributed by atoms with Crippen molar-refractivity contribution in [2.24, 2.45) is 0 Å². The Balaban J connectivity index is 1.59. The molecule has 0 fully saturated rings. The number of fused-ring (bicyclic) bond motifs is 1. The van der Waals surface area contributed by atoms with Gasteiger partial charge in [-0.15, -0.1) is 0 Å².